The number of benzene rings is 1. The Labute approximate surface area is 82.5 Å². The van der Waals surface area contributed by atoms with Crippen LogP contribution in [0.25, 0.3) is 0 Å². The van der Waals surface area contributed by atoms with Crippen LogP contribution in [0.15, 0.2) is 6.07 Å². The molecule has 0 aliphatic heterocycles. The largest absolute Gasteiger partial charge is 0.495 e. The average molecular weight is 199 g/mol. The first kappa shape index (κ1) is 10.1. The first-order chi connectivity index (χ1) is 6.11. The molecule has 0 heterocycles. The molecule has 0 aliphatic rings. The van der Waals surface area contributed by atoms with Crippen LogP contribution in [0.5, 0.6) is 5.75 Å². The number of hydrogen-bond acceptors (Lipinski definition) is 2. The van der Waals surface area contributed by atoms with E-state index in [1.165, 1.54) is 0 Å². The number of aldehydes is 1. The third-order valence-electron chi connectivity index (χ3n) is 2.02. The van der Waals surface area contributed by atoms with E-state index in [0.717, 1.165) is 17.4 Å². The highest BCUT2D eigenvalue weighted by atomic mass is 35.5. The molecule has 13 heavy (non-hydrogen) atoms. The van der Waals surface area contributed by atoms with Gasteiger partial charge in [-0.1, -0.05) is 11.6 Å². The lowest BCUT2D eigenvalue weighted by atomic mass is 10.1. The summed E-state index contributed by atoms with van der Waals surface area (Å²) in [6.45, 7) is 3.66. The maximum Gasteiger partial charge on any atom is 0.150 e. The summed E-state index contributed by atoms with van der Waals surface area (Å²) in [6, 6.07) is 1.76. The molecule has 0 spiro atoms. The van der Waals surface area contributed by atoms with Crippen molar-refractivity contribution in [1.29, 1.82) is 0 Å². The van der Waals surface area contributed by atoms with Crippen molar-refractivity contribution in [3.05, 3.63) is 27.8 Å². The molecule has 0 atom stereocenters. The Morgan fingerprint density at radius 2 is 2.08 bits per heavy atom. The molecule has 0 saturated carbocycles. The zero-order valence-electron chi connectivity index (χ0n) is 7.85. The molecular formula is C10H11ClO2. The Kier molecular flexibility index (Phi) is 2.94. The number of carbonyl (C=O) groups is 1. The molecule has 0 amide bonds. The predicted molar refractivity (Wildman–Crippen MR) is 52.9 cm³/mol. The first-order valence-electron chi connectivity index (χ1n) is 3.90. The molecule has 0 bridgehead atoms. The van der Waals surface area contributed by atoms with Gasteiger partial charge in [-0.3, -0.25) is 4.79 Å². The molecule has 2 nitrogen and oxygen atoms in total. The molecule has 0 fully saturated rings. The van der Waals surface area contributed by atoms with E-state index in [2.05, 4.69) is 0 Å². The molecule has 0 saturated heterocycles. The summed E-state index contributed by atoms with van der Waals surface area (Å²) in [4.78, 5) is 10.7. The van der Waals surface area contributed by atoms with Crippen LogP contribution in [0.1, 0.15) is 21.5 Å². The van der Waals surface area contributed by atoms with E-state index in [-0.39, 0.29) is 0 Å². The summed E-state index contributed by atoms with van der Waals surface area (Å²) < 4.78 is 5.11. The van der Waals surface area contributed by atoms with Crippen LogP contribution in [0.4, 0.5) is 0 Å². The number of aryl methyl sites for hydroxylation is 1. The summed E-state index contributed by atoms with van der Waals surface area (Å²) >= 11 is 5.99. The SMILES string of the molecule is COc1c(C)c(C=O)cc(C)c1Cl. The Morgan fingerprint density at radius 1 is 1.46 bits per heavy atom. The van der Waals surface area contributed by atoms with Gasteiger partial charge in [0.05, 0.1) is 12.1 Å². The lowest BCUT2D eigenvalue weighted by Gasteiger charge is -2.10. The minimum Gasteiger partial charge on any atom is -0.495 e. The maximum atomic E-state index is 10.7. The smallest absolute Gasteiger partial charge is 0.150 e. The van der Waals surface area contributed by atoms with E-state index >= 15 is 0 Å². The van der Waals surface area contributed by atoms with Crippen LogP contribution in [-0.4, -0.2) is 13.4 Å². The van der Waals surface area contributed by atoms with Crippen molar-refractivity contribution >= 4 is 17.9 Å². The van der Waals surface area contributed by atoms with E-state index in [1.807, 2.05) is 13.8 Å². The van der Waals surface area contributed by atoms with Gasteiger partial charge >= 0.3 is 0 Å². The fourth-order valence-electron chi connectivity index (χ4n) is 1.24. The standard InChI is InChI=1S/C10H11ClO2/c1-6-4-8(5-12)7(2)10(13-3)9(6)11/h4-5H,1-3H3. The van der Waals surface area contributed by atoms with Gasteiger partial charge in [-0.05, 0) is 25.5 Å². The highest BCUT2D eigenvalue weighted by Gasteiger charge is 2.11. The van der Waals surface area contributed by atoms with E-state index < -0.39 is 0 Å². The summed E-state index contributed by atoms with van der Waals surface area (Å²) in [6.07, 6.45) is 0.807. The molecule has 0 aliphatic carbocycles. The van der Waals surface area contributed by atoms with Crippen LogP contribution < -0.4 is 4.74 Å². The number of methoxy groups -OCH3 is 1. The van der Waals surface area contributed by atoms with Crippen molar-refractivity contribution in [3.8, 4) is 5.75 Å². The minimum absolute atomic E-state index is 0.575. The van der Waals surface area contributed by atoms with Gasteiger partial charge in [0.25, 0.3) is 0 Å². The fourth-order valence-corrected chi connectivity index (χ4v) is 1.52. The first-order valence-corrected chi connectivity index (χ1v) is 4.28. The normalized spacial score (nSPS) is 9.85. The molecule has 1 rings (SSSR count). The second kappa shape index (κ2) is 3.79. The molecule has 0 radical (unpaired) electrons. The predicted octanol–water partition coefficient (Wildman–Crippen LogP) is 2.78. The topological polar surface area (TPSA) is 26.3 Å². The summed E-state index contributed by atoms with van der Waals surface area (Å²) in [5, 5.41) is 0.575. The van der Waals surface area contributed by atoms with Gasteiger partial charge in [0.1, 0.15) is 12.0 Å². The summed E-state index contributed by atoms with van der Waals surface area (Å²) in [7, 11) is 1.54. The van der Waals surface area contributed by atoms with Gasteiger partial charge in [-0.2, -0.15) is 0 Å². The highest BCUT2D eigenvalue weighted by molar-refractivity contribution is 6.33. The highest BCUT2D eigenvalue weighted by Crippen LogP contribution is 2.32. The quantitative estimate of drug-likeness (QED) is 0.684. The molecular weight excluding hydrogens is 188 g/mol. The van der Waals surface area contributed by atoms with Gasteiger partial charge in [-0.15, -0.1) is 0 Å². The minimum atomic E-state index is 0.575. The van der Waals surface area contributed by atoms with E-state index in [9.17, 15) is 4.79 Å². The van der Waals surface area contributed by atoms with Crippen molar-refractivity contribution in [3.63, 3.8) is 0 Å². The fraction of sp³-hybridized carbons (Fsp3) is 0.300. The van der Waals surface area contributed by atoms with Crippen molar-refractivity contribution < 1.29 is 9.53 Å². The number of ether oxygens (including phenoxy) is 1. The zero-order chi connectivity index (χ0) is 10.0. The van der Waals surface area contributed by atoms with Crippen LogP contribution in [0, 0.1) is 13.8 Å². The Morgan fingerprint density at radius 3 is 2.54 bits per heavy atom. The molecule has 70 valence electrons. The third-order valence-corrected chi connectivity index (χ3v) is 2.49. The molecule has 1 aromatic carbocycles. The van der Waals surface area contributed by atoms with Gasteiger partial charge in [0, 0.05) is 11.1 Å². The Bertz CT molecular complexity index is 345. The monoisotopic (exact) mass is 198 g/mol. The number of carbonyl (C=O) groups excluding carboxylic acids is 1. The van der Waals surface area contributed by atoms with Crippen molar-refractivity contribution in [2.45, 2.75) is 13.8 Å². The van der Waals surface area contributed by atoms with Gasteiger partial charge in [0.2, 0.25) is 0 Å². The van der Waals surface area contributed by atoms with Gasteiger partial charge in [0.15, 0.2) is 0 Å². The lowest BCUT2D eigenvalue weighted by Crippen LogP contribution is -1.95. The number of hydrogen-bond donors (Lipinski definition) is 0. The maximum absolute atomic E-state index is 10.7. The van der Waals surface area contributed by atoms with Crippen LogP contribution in [-0.2, 0) is 0 Å². The van der Waals surface area contributed by atoms with E-state index in [1.54, 1.807) is 13.2 Å². The van der Waals surface area contributed by atoms with Crippen molar-refractivity contribution in [1.82, 2.24) is 0 Å². The molecule has 3 heteroatoms. The van der Waals surface area contributed by atoms with Crippen LogP contribution in [0.3, 0.4) is 0 Å². The summed E-state index contributed by atoms with van der Waals surface area (Å²) in [5.41, 5.74) is 2.26. The van der Waals surface area contributed by atoms with Gasteiger partial charge in [-0.25, -0.2) is 0 Å². The molecule has 0 unspecified atom stereocenters. The van der Waals surface area contributed by atoms with Crippen LogP contribution >= 0.6 is 11.6 Å². The molecule has 1 aromatic rings. The van der Waals surface area contributed by atoms with Crippen LogP contribution in [0.2, 0.25) is 5.02 Å². The Balaban J connectivity index is 3.47. The molecule has 0 aromatic heterocycles. The van der Waals surface area contributed by atoms with Gasteiger partial charge < -0.3 is 4.74 Å². The Hall–Kier alpha value is -1.02. The second-order valence-corrected chi connectivity index (χ2v) is 3.25. The average Bonchev–Trinajstić information content (AvgIpc) is 2.12. The number of rotatable bonds is 2. The van der Waals surface area contributed by atoms with E-state index in [4.69, 9.17) is 16.3 Å². The summed E-state index contributed by atoms with van der Waals surface area (Å²) in [5.74, 6) is 0.587. The zero-order valence-corrected chi connectivity index (χ0v) is 8.61. The van der Waals surface area contributed by atoms with Crippen molar-refractivity contribution in [2.24, 2.45) is 0 Å². The lowest BCUT2D eigenvalue weighted by molar-refractivity contribution is 0.112. The van der Waals surface area contributed by atoms with Crippen molar-refractivity contribution in [2.75, 3.05) is 7.11 Å². The van der Waals surface area contributed by atoms with E-state index in [0.29, 0.717) is 16.3 Å². The molecule has 0 N–H and O–H groups in total. The third kappa shape index (κ3) is 1.68. The number of halogens is 1. The second-order valence-electron chi connectivity index (χ2n) is 2.87.